The molecule has 3 rings (SSSR count). The zero-order valence-corrected chi connectivity index (χ0v) is 15.2. The highest BCUT2D eigenvalue weighted by atomic mass is 16.5. The van der Waals surface area contributed by atoms with Crippen molar-refractivity contribution in [2.24, 2.45) is 5.92 Å². The number of hydrogen-bond acceptors (Lipinski definition) is 5. The van der Waals surface area contributed by atoms with E-state index in [4.69, 9.17) is 4.52 Å². The van der Waals surface area contributed by atoms with E-state index in [-0.39, 0.29) is 17.2 Å². The molecule has 134 valence electrons. The summed E-state index contributed by atoms with van der Waals surface area (Å²) in [6.07, 6.45) is 0.310. The van der Waals surface area contributed by atoms with Crippen molar-refractivity contribution in [2.75, 3.05) is 13.1 Å². The van der Waals surface area contributed by atoms with E-state index in [1.54, 1.807) is 11.0 Å². The fourth-order valence-corrected chi connectivity index (χ4v) is 2.90. The van der Waals surface area contributed by atoms with Crippen molar-refractivity contribution >= 4 is 5.91 Å². The third kappa shape index (κ3) is 3.58. The molecule has 1 amide bonds. The van der Waals surface area contributed by atoms with Crippen LogP contribution in [0.2, 0.25) is 0 Å². The molecule has 1 N–H and O–H groups in total. The summed E-state index contributed by atoms with van der Waals surface area (Å²) in [6, 6.07) is 7.25. The minimum atomic E-state index is -0.485. The number of β-amino-alcohol motifs (C(OH)–C–C–N with tert-alkyl or cyclic N) is 1. The molecule has 1 saturated heterocycles. The van der Waals surface area contributed by atoms with Gasteiger partial charge in [0.1, 0.15) is 0 Å². The third-order valence-corrected chi connectivity index (χ3v) is 4.69. The fourth-order valence-electron chi connectivity index (χ4n) is 2.90. The molecular weight excluding hydrogens is 318 g/mol. The van der Waals surface area contributed by atoms with Crippen LogP contribution in [0, 0.1) is 5.92 Å². The molecule has 6 nitrogen and oxygen atoms in total. The smallest absolute Gasteiger partial charge is 0.258 e. The maximum absolute atomic E-state index is 13.0. The Morgan fingerprint density at radius 3 is 2.68 bits per heavy atom. The monoisotopic (exact) mass is 343 g/mol. The van der Waals surface area contributed by atoms with Gasteiger partial charge in [0.05, 0.1) is 17.2 Å². The molecule has 1 aromatic carbocycles. The first-order valence-electron chi connectivity index (χ1n) is 8.68. The molecule has 1 aliphatic rings. The maximum atomic E-state index is 13.0. The largest absolute Gasteiger partial charge is 0.391 e. The number of piperidine rings is 1. The zero-order chi connectivity index (χ0) is 18.2. The molecule has 2 aromatic rings. The Bertz CT molecular complexity index is 763. The van der Waals surface area contributed by atoms with Crippen LogP contribution in [0.15, 0.2) is 28.8 Å². The Morgan fingerprint density at radius 2 is 2.04 bits per heavy atom. The molecule has 0 radical (unpaired) electrons. The number of hydrogen-bond donors (Lipinski definition) is 1. The Kier molecular flexibility index (Phi) is 4.64. The van der Waals surface area contributed by atoms with Gasteiger partial charge in [-0.25, -0.2) is 0 Å². The van der Waals surface area contributed by atoms with Crippen molar-refractivity contribution in [2.45, 2.75) is 45.6 Å². The normalized spacial score (nSPS) is 21.4. The Hall–Kier alpha value is -2.21. The molecule has 25 heavy (non-hydrogen) atoms. The topological polar surface area (TPSA) is 79.5 Å². The summed E-state index contributed by atoms with van der Waals surface area (Å²) in [4.78, 5) is 19.1. The number of aromatic nitrogens is 2. The van der Waals surface area contributed by atoms with Crippen molar-refractivity contribution in [3.05, 3.63) is 35.7 Å². The van der Waals surface area contributed by atoms with Crippen LogP contribution in [0.25, 0.3) is 11.5 Å². The minimum Gasteiger partial charge on any atom is -0.391 e. The second-order valence-electron chi connectivity index (χ2n) is 7.80. The van der Waals surface area contributed by atoms with Gasteiger partial charge in [-0.05, 0) is 24.5 Å². The number of benzene rings is 1. The highest BCUT2D eigenvalue weighted by Crippen LogP contribution is 2.28. The van der Waals surface area contributed by atoms with Gasteiger partial charge in [-0.15, -0.1) is 0 Å². The lowest BCUT2D eigenvalue weighted by Crippen LogP contribution is -2.45. The van der Waals surface area contributed by atoms with E-state index in [9.17, 15) is 9.90 Å². The lowest BCUT2D eigenvalue weighted by atomic mass is 9.95. The SMILES string of the molecule is CC1CCN(C(=O)c2ccccc2-c2nc(C(C)(C)C)no2)CC1O. The molecule has 0 aliphatic carbocycles. The lowest BCUT2D eigenvalue weighted by Gasteiger charge is -2.34. The van der Waals surface area contributed by atoms with E-state index in [1.807, 2.05) is 45.9 Å². The molecule has 2 atom stereocenters. The van der Waals surface area contributed by atoms with Crippen LogP contribution in [0.1, 0.15) is 50.3 Å². The van der Waals surface area contributed by atoms with E-state index >= 15 is 0 Å². The van der Waals surface area contributed by atoms with Crippen LogP contribution >= 0.6 is 0 Å². The molecule has 6 heteroatoms. The van der Waals surface area contributed by atoms with Crippen molar-refractivity contribution < 1.29 is 14.4 Å². The van der Waals surface area contributed by atoms with Crippen LogP contribution in [-0.2, 0) is 5.41 Å². The van der Waals surface area contributed by atoms with E-state index in [2.05, 4.69) is 10.1 Å². The summed E-state index contributed by atoms with van der Waals surface area (Å²) < 4.78 is 5.41. The molecule has 1 aromatic heterocycles. The van der Waals surface area contributed by atoms with Gasteiger partial charge in [-0.1, -0.05) is 45.0 Å². The number of likely N-dealkylation sites (tertiary alicyclic amines) is 1. The lowest BCUT2D eigenvalue weighted by molar-refractivity contribution is 0.0249. The molecule has 0 saturated carbocycles. The van der Waals surface area contributed by atoms with Crippen LogP contribution in [0.4, 0.5) is 0 Å². The van der Waals surface area contributed by atoms with Gasteiger partial charge in [0, 0.05) is 18.5 Å². The number of carbonyl (C=O) groups excluding carboxylic acids is 1. The average Bonchev–Trinajstić information content (AvgIpc) is 3.07. The predicted octanol–water partition coefficient (Wildman–Crippen LogP) is 2.88. The molecule has 0 bridgehead atoms. The molecule has 2 unspecified atom stereocenters. The van der Waals surface area contributed by atoms with Gasteiger partial charge in [-0.3, -0.25) is 4.79 Å². The van der Waals surface area contributed by atoms with E-state index in [0.717, 1.165) is 6.42 Å². The Balaban J connectivity index is 1.91. The third-order valence-electron chi connectivity index (χ3n) is 4.69. The van der Waals surface area contributed by atoms with Crippen molar-refractivity contribution in [3.8, 4) is 11.5 Å². The van der Waals surface area contributed by atoms with Gasteiger partial charge in [0.2, 0.25) is 0 Å². The van der Waals surface area contributed by atoms with E-state index in [0.29, 0.717) is 35.9 Å². The first kappa shape index (κ1) is 17.6. The van der Waals surface area contributed by atoms with Gasteiger partial charge in [-0.2, -0.15) is 4.98 Å². The quantitative estimate of drug-likeness (QED) is 0.907. The number of amides is 1. The maximum Gasteiger partial charge on any atom is 0.258 e. The summed E-state index contributed by atoms with van der Waals surface area (Å²) in [6.45, 7) is 9.03. The van der Waals surface area contributed by atoms with Gasteiger partial charge < -0.3 is 14.5 Å². The van der Waals surface area contributed by atoms with Crippen LogP contribution < -0.4 is 0 Å². The number of rotatable bonds is 2. The first-order chi connectivity index (χ1) is 11.8. The summed E-state index contributed by atoms with van der Waals surface area (Å²) in [7, 11) is 0. The van der Waals surface area contributed by atoms with Crippen molar-refractivity contribution in [1.29, 1.82) is 0 Å². The number of aliphatic hydroxyl groups excluding tert-OH is 1. The number of nitrogens with zero attached hydrogens (tertiary/aromatic N) is 3. The molecule has 1 fully saturated rings. The van der Waals surface area contributed by atoms with Crippen molar-refractivity contribution in [1.82, 2.24) is 15.0 Å². The zero-order valence-electron chi connectivity index (χ0n) is 15.2. The standard InChI is InChI=1S/C19H25N3O3/c1-12-9-10-22(11-15(12)23)17(24)14-8-6-5-7-13(14)16-20-18(21-25-16)19(2,3)4/h5-8,12,15,23H,9-11H2,1-4H3. The second kappa shape index (κ2) is 6.59. The van der Waals surface area contributed by atoms with Crippen molar-refractivity contribution in [3.63, 3.8) is 0 Å². The highest BCUT2D eigenvalue weighted by molar-refractivity contribution is 6.00. The van der Waals surface area contributed by atoms with Crippen LogP contribution in [0.5, 0.6) is 0 Å². The molecule has 0 spiro atoms. The van der Waals surface area contributed by atoms with Gasteiger partial charge in [0.15, 0.2) is 5.82 Å². The second-order valence-corrected chi connectivity index (χ2v) is 7.80. The van der Waals surface area contributed by atoms with Gasteiger partial charge in [0.25, 0.3) is 11.8 Å². The minimum absolute atomic E-state index is 0.114. The summed E-state index contributed by atoms with van der Waals surface area (Å²) in [5.74, 6) is 1.05. The Labute approximate surface area is 147 Å². The van der Waals surface area contributed by atoms with E-state index < -0.39 is 6.10 Å². The van der Waals surface area contributed by atoms with E-state index in [1.165, 1.54) is 0 Å². The molecule has 1 aliphatic heterocycles. The average molecular weight is 343 g/mol. The van der Waals surface area contributed by atoms with Gasteiger partial charge >= 0.3 is 0 Å². The molecule has 2 heterocycles. The Morgan fingerprint density at radius 1 is 1.32 bits per heavy atom. The first-order valence-corrected chi connectivity index (χ1v) is 8.68. The highest BCUT2D eigenvalue weighted by Gasteiger charge is 2.30. The fraction of sp³-hybridized carbons (Fsp3) is 0.526. The summed E-state index contributed by atoms with van der Waals surface area (Å²) >= 11 is 0. The van der Waals surface area contributed by atoms with Crippen LogP contribution in [-0.4, -0.2) is 45.2 Å². The predicted molar refractivity (Wildman–Crippen MR) is 94.1 cm³/mol. The van der Waals surface area contributed by atoms with Crippen LogP contribution in [0.3, 0.4) is 0 Å². The number of aliphatic hydroxyl groups is 1. The summed E-state index contributed by atoms with van der Waals surface area (Å²) in [5, 5.41) is 14.1. The summed E-state index contributed by atoms with van der Waals surface area (Å²) in [5.41, 5.74) is 0.922. The molecular formula is C19H25N3O3. The number of carbonyl (C=O) groups is 1.